The van der Waals surface area contributed by atoms with E-state index in [2.05, 4.69) is 38.1 Å². The van der Waals surface area contributed by atoms with Crippen LogP contribution in [0.5, 0.6) is 5.75 Å². The molecule has 158 valence electrons. The maximum absolute atomic E-state index is 13.3. The highest BCUT2D eigenvalue weighted by Gasteiger charge is 2.23. The molecule has 1 amide bonds. The van der Waals surface area contributed by atoms with Crippen LogP contribution in [-0.2, 0) is 17.9 Å². The fourth-order valence-electron chi connectivity index (χ4n) is 3.67. The van der Waals surface area contributed by atoms with Crippen LogP contribution in [0.15, 0.2) is 58.6 Å². The number of carbonyl (C=O) groups excluding carboxylic acids is 1. The van der Waals surface area contributed by atoms with Gasteiger partial charge in [-0.05, 0) is 58.1 Å². The molecule has 3 heterocycles. The van der Waals surface area contributed by atoms with Crippen LogP contribution in [-0.4, -0.2) is 55.5 Å². The fourth-order valence-corrected chi connectivity index (χ4v) is 5.02. The van der Waals surface area contributed by atoms with Gasteiger partial charge in [0.15, 0.2) is 0 Å². The quantitative estimate of drug-likeness (QED) is 0.526. The number of hydrogen-bond acceptors (Lipinski definition) is 6. The van der Waals surface area contributed by atoms with E-state index >= 15 is 0 Å². The summed E-state index contributed by atoms with van der Waals surface area (Å²) in [6.45, 7) is 5.89. The van der Waals surface area contributed by atoms with Crippen LogP contribution in [0.1, 0.15) is 10.4 Å². The first kappa shape index (κ1) is 21.1. The molecule has 7 heteroatoms. The van der Waals surface area contributed by atoms with Crippen molar-refractivity contribution < 1.29 is 9.53 Å². The molecule has 1 fully saturated rings. The van der Waals surface area contributed by atoms with Gasteiger partial charge in [-0.2, -0.15) is 11.3 Å². The van der Waals surface area contributed by atoms with E-state index in [1.54, 1.807) is 29.8 Å². The number of rotatable bonds is 8. The minimum absolute atomic E-state index is 0.139. The van der Waals surface area contributed by atoms with Gasteiger partial charge in [0.25, 0.3) is 0 Å². The van der Waals surface area contributed by atoms with E-state index in [-0.39, 0.29) is 5.91 Å². The first-order valence-corrected chi connectivity index (χ1v) is 12.0. The lowest BCUT2D eigenvalue weighted by molar-refractivity contribution is -0.120. The molecule has 0 unspecified atom stereocenters. The topological polar surface area (TPSA) is 36.0 Å². The van der Waals surface area contributed by atoms with Gasteiger partial charge < -0.3 is 9.64 Å². The highest BCUT2D eigenvalue weighted by Crippen LogP contribution is 2.23. The number of piperazine rings is 1. The molecule has 0 saturated carbocycles. The minimum Gasteiger partial charge on any atom is -0.497 e. The number of methoxy groups -OCH3 is 1. The number of thiophene rings is 2. The Bertz CT molecular complexity index is 903. The summed E-state index contributed by atoms with van der Waals surface area (Å²) in [5, 5.41) is 6.40. The van der Waals surface area contributed by atoms with Crippen LogP contribution in [0.2, 0.25) is 0 Å². The summed E-state index contributed by atoms with van der Waals surface area (Å²) < 4.78 is 5.27. The molecule has 0 atom stereocenters. The number of amides is 1. The number of hydrogen-bond donors (Lipinski definition) is 0. The lowest BCUT2D eigenvalue weighted by Gasteiger charge is -2.35. The maximum atomic E-state index is 13.3. The van der Waals surface area contributed by atoms with E-state index < -0.39 is 0 Å². The number of benzene rings is 1. The first-order valence-electron chi connectivity index (χ1n) is 10.1. The van der Waals surface area contributed by atoms with Crippen molar-refractivity contribution in [2.45, 2.75) is 13.1 Å². The number of ether oxygens (including phenoxy) is 1. The number of carbonyl (C=O) groups is 1. The molecular formula is C23H27N3O2S2. The fraction of sp³-hybridized carbons (Fsp3) is 0.348. The second kappa shape index (κ2) is 10.2. The van der Waals surface area contributed by atoms with E-state index in [1.807, 2.05) is 35.2 Å². The largest absolute Gasteiger partial charge is 0.497 e. The monoisotopic (exact) mass is 441 g/mol. The van der Waals surface area contributed by atoms with Gasteiger partial charge in [-0.25, -0.2) is 0 Å². The smallest absolute Gasteiger partial charge is 0.241 e. The second-order valence-corrected chi connectivity index (χ2v) is 9.25. The first-order chi connectivity index (χ1) is 14.7. The molecule has 2 aromatic heterocycles. The van der Waals surface area contributed by atoms with Gasteiger partial charge in [-0.1, -0.05) is 6.07 Å². The van der Waals surface area contributed by atoms with E-state index in [0.717, 1.165) is 44.2 Å². The normalized spacial score (nSPS) is 15.2. The summed E-state index contributed by atoms with van der Waals surface area (Å²) in [6, 6.07) is 14.0. The van der Waals surface area contributed by atoms with E-state index in [1.165, 1.54) is 10.4 Å². The molecule has 0 N–H and O–H groups in total. The Labute approximate surface area is 186 Å². The van der Waals surface area contributed by atoms with Crippen LogP contribution in [0, 0.1) is 0 Å². The molecule has 4 rings (SSSR count). The van der Waals surface area contributed by atoms with Crippen LogP contribution >= 0.6 is 22.7 Å². The summed E-state index contributed by atoms with van der Waals surface area (Å²) in [5.41, 5.74) is 2.29. The van der Waals surface area contributed by atoms with E-state index in [9.17, 15) is 4.79 Å². The molecule has 0 aliphatic carbocycles. The van der Waals surface area contributed by atoms with E-state index in [4.69, 9.17) is 4.74 Å². The summed E-state index contributed by atoms with van der Waals surface area (Å²) in [7, 11) is 1.65. The summed E-state index contributed by atoms with van der Waals surface area (Å²) in [4.78, 5) is 21.1. The second-order valence-electron chi connectivity index (χ2n) is 7.44. The third kappa shape index (κ3) is 5.49. The molecule has 0 spiro atoms. The predicted octanol–water partition coefficient (Wildman–Crippen LogP) is 4.17. The van der Waals surface area contributed by atoms with Crippen LogP contribution in [0.4, 0.5) is 5.69 Å². The van der Waals surface area contributed by atoms with Crippen molar-refractivity contribution in [1.82, 2.24) is 9.80 Å². The maximum Gasteiger partial charge on any atom is 0.241 e. The molecular weight excluding hydrogens is 414 g/mol. The Morgan fingerprint density at radius 1 is 1.03 bits per heavy atom. The molecule has 1 saturated heterocycles. The van der Waals surface area contributed by atoms with Crippen molar-refractivity contribution in [3.63, 3.8) is 0 Å². The predicted molar refractivity (Wildman–Crippen MR) is 125 cm³/mol. The van der Waals surface area contributed by atoms with Crippen LogP contribution in [0.3, 0.4) is 0 Å². The van der Waals surface area contributed by atoms with Gasteiger partial charge in [0.1, 0.15) is 5.75 Å². The Kier molecular flexibility index (Phi) is 7.17. The van der Waals surface area contributed by atoms with Gasteiger partial charge in [-0.3, -0.25) is 14.6 Å². The third-order valence-electron chi connectivity index (χ3n) is 5.39. The lowest BCUT2D eigenvalue weighted by Crippen LogP contribution is -2.49. The third-order valence-corrected chi connectivity index (χ3v) is 6.98. The van der Waals surface area contributed by atoms with Crippen molar-refractivity contribution in [3.05, 3.63) is 69.0 Å². The van der Waals surface area contributed by atoms with Crippen molar-refractivity contribution in [1.29, 1.82) is 0 Å². The van der Waals surface area contributed by atoms with Gasteiger partial charge in [0.05, 0.1) is 20.2 Å². The molecule has 1 aliphatic rings. The number of anilines is 1. The van der Waals surface area contributed by atoms with Crippen molar-refractivity contribution in [2.24, 2.45) is 0 Å². The van der Waals surface area contributed by atoms with Crippen LogP contribution < -0.4 is 9.64 Å². The average Bonchev–Trinajstić information content (AvgIpc) is 3.48. The molecule has 3 aromatic rings. The summed E-state index contributed by atoms with van der Waals surface area (Å²) in [5.74, 6) is 0.934. The Morgan fingerprint density at radius 2 is 1.80 bits per heavy atom. The average molecular weight is 442 g/mol. The van der Waals surface area contributed by atoms with E-state index in [0.29, 0.717) is 13.1 Å². The zero-order chi connectivity index (χ0) is 20.8. The standard InChI is InChI=1S/C23H27N3O2S2/c1-28-21-6-4-20(5-7-21)26(16-22-3-2-13-30-22)23(27)17-25-11-9-24(10-12-25)15-19-8-14-29-18-19/h2-8,13-14,18H,9-12,15-17H2,1H3. The molecule has 5 nitrogen and oxygen atoms in total. The summed E-state index contributed by atoms with van der Waals surface area (Å²) in [6.07, 6.45) is 0. The lowest BCUT2D eigenvalue weighted by atomic mass is 10.2. The zero-order valence-electron chi connectivity index (χ0n) is 17.2. The van der Waals surface area contributed by atoms with Crippen LogP contribution in [0.25, 0.3) is 0 Å². The van der Waals surface area contributed by atoms with Gasteiger partial charge >= 0.3 is 0 Å². The molecule has 30 heavy (non-hydrogen) atoms. The SMILES string of the molecule is COc1ccc(N(Cc2cccs2)C(=O)CN2CCN(Cc3ccsc3)CC2)cc1. The molecule has 0 bridgehead atoms. The Hall–Kier alpha value is -2.19. The van der Waals surface area contributed by atoms with Crippen molar-refractivity contribution in [3.8, 4) is 5.75 Å². The van der Waals surface area contributed by atoms with Crippen molar-refractivity contribution in [2.75, 3.05) is 44.7 Å². The van der Waals surface area contributed by atoms with Gasteiger partial charge in [0.2, 0.25) is 5.91 Å². The Balaban J connectivity index is 1.37. The van der Waals surface area contributed by atoms with Gasteiger partial charge in [0, 0.05) is 43.3 Å². The Morgan fingerprint density at radius 3 is 2.43 bits per heavy atom. The highest BCUT2D eigenvalue weighted by atomic mass is 32.1. The van der Waals surface area contributed by atoms with Gasteiger partial charge in [-0.15, -0.1) is 11.3 Å². The van der Waals surface area contributed by atoms with Crippen molar-refractivity contribution >= 4 is 34.3 Å². The highest BCUT2D eigenvalue weighted by molar-refractivity contribution is 7.09. The number of nitrogens with zero attached hydrogens (tertiary/aromatic N) is 3. The molecule has 0 radical (unpaired) electrons. The molecule has 1 aliphatic heterocycles. The minimum atomic E-state index is 0.139. The zero-order valence-corrected chi connectivity index (χ0v) is 18.8. The molecule has 1 aromatic carbocycles. The summed E-state index contributed by atoms with van der Waals surface area (Å²) >= 11 is 3.43.